The fourth-order valence-corrected chi connectivity index (χ4v) is 2.67. The summed E-state index contributed by atoms with van der Waals surface area (Å²) in [6, 6.07) is 12.5. The first-order valence-electron chi connectivity index (χ1n) is 7.93. The summed E-state index contributed by atoms with van der Waals surface area (Å²) >= 11 is 0. The molecule has 3 aromatic rings. The van der Waals surface area contributed by atoms with Gasteiger partial charge in [-0.2, -0.15) is 0 Å². The van der Waals surface area contributed by atoms with Crippen molar-refractivity contribution in [1.82, 2.24) is 0 Å². The van der Waals surface area contributed by atoms with E-state index < -0.39 is 5.91 Å². The maximum absolute atomic E-state index is 12.4. The van der Waals surface area contributed by atoms with Crippen molar-refractivity contribution in [1.29, 1.82) is 0 Å². The van der Waals surface area contributed by atoms with Gasteiger partial charge < -0.3 is 9.73 Å². The molecule has 0 saturated heterocycles. The highest BCUT2D eigenvalue weighted by Gasteiger charge is 2.14. The van der Waals surface area contributed by atoms with Crippen LogP contribution < -0.4 is 10.7 Å². The first-order chi connectivity index (χ1) is 11.5. The number of anilines is 1. The van der Waals surface area contributed by atoms with E-state index in [1.807, 2.05) is 51.1 Å². The smallest absolute Gasteiger partial charge is 0.291 e. The van der Waals surface area contributed by atoms with Crippen molar-refractivity contribution >= 4 is 22.6 Å². The third-order valence-electron chi connectivity index (χ3n) is 4.05. The number of amides is 1. The number of rotatable bonds is 3. The SMILES string of the molecule is CCc1ccc2oc(C(=O)Nc3ccc(C)cc3C)cc(=O)c2c1. The average Bonchev–Trinajstić information content (AvgIpc) is 2.57. The Morgan fingerprint density at radius 2 is 1.88 bits per heavy atom. The number of nitrogens with one attached hydrogen (secondary N) is 1. The molecule has 1 heterocycles. The van der Waals surface area contributed by atoms with Gasteiger partial charge in [0.2, 0.25) is 0 Å². The molecule has 0 aliphatic heterocycles. The van der Waals surface area contributed by atoms with Crippen LogP contribution in [0.4, 0.5) is 5.69 Å². The van der Waals surface area contributed by atoms with Crippen LogP contribution >= 0.6 is 0 Å². The third kappa shape index (κ3) is 3.08. The lowest BCUT2D eigenvalue weighted by Crippen LogP contribution is -2.15. The van der Waals surface area contributed by atoms with Crippen molar-refractivity contribution in [2.45, 2.75) is 27.2 Å². The van der Waals surface area contributed by atoms with E-state index in [0.29, 0.717) is 16.7 Å². The summed E-state index contributed by atoms with van der Waals surface area (Å²) in [4.78, 5) is 24.7. The van der Waals surface area contributed by atoms with Crippen LogP contribution in [0.2, 0.25) is 0 Å². The molecule has 3 rings (SSSR count). The van der Waals surface area contributed by atoms with E-state index >= 15 is 0 Å². The van der Waals surface area contributed by atoms with Crippen molar-refractivity contribution < 1.29 is 9.21 Å². The molecule has 4 heteroatoms. The normalized spacial score (nSPS) is 10.8. The minimum atomic E-state index is -0.430. The molecule has 0 atom stereocenters. The van der Waals surface area contributed by atoms with Gasteiger partial charge in [0.1, 0.15) is 5.58 Å². The monoisotopic (exact) mass is 321 g/mol. The van der Waals surface area contributed by atoms with Crippen molar-refractivity contribution in [3.63, 3.8) is 0 Å². The number of benzene rings is 2. The summed E-state index contributed by atoms with van der Waals surface area (Å²) in [5.41, 5.74) is 4.05. The van der Waals surface area contributed by atoms with Gasteiger partial charge in [0.05, 0.1) is 5.39 Å². The minimum Gasteiger partial charge on any atom is -0.451 e. The van der Waals surface area contributed by atoms with Gasteiger partial charge in [-0.05, 0) is 49.6 Å². The summed E-state index contributed by atoms with van der Waals surface area (Å²) in [5, 5.41) is 3.29. The molecule has 0 spiro atoms. The van der Waals surface area contributed by atoms with E-state index in [1.54, 1.807) is 6.07 Å². The summed E-state index contributed by atoms with van der Waals surface area (Å²) in [7, 11) is 0. The van der Waals surface area contributed by atoms with Gasteiger partial charge in [-0.1, -0.05) is 30.7 Å². The highest BCUT2D eigenvalue weighted by atomic mass is 16.3. The fourth-order valence-electron chi connectivity index (χ4n) is 2.67. The van der Waals surface area contributed by atoms with E-state index in [9.17, 15) is 9.59 Å². The van der Waals surface area contributed by atoms with Crippen LogP contribution in [-0.4, -0.2) is 5.91 Å². The number of carbonyl (C=O) groups is 1. The zero-order valence-corrected chi connectivity index (χ0v) is 14.0. The fraction of sp³-hybridized carbons (Fsp3) is 0.200. The maximum Gasteiger partial charge on any atom is 0.291 e. The molecule has 0 saturated carbocycles. The molecule has 1 amide bonds. The van der Waals surface area contributed by atoms with Crippen LogP contribution in [-0.2, 0) is 6.42 Å². The number of fused-ring (bicyclic) bond motifs is 1. The first-order valence-corrected chi connectivity index (χ1v) is 7.93. The van der Waals surface area contributed by atoms with E-state index in [4.69, 9.17) is 4.42 Å². The van der Waals surface area contributed by atoms with Gasteiger partial charge >= 0.3 is 0 Å². The molecule has 0 aliphatic rings. The lowest BCUT2D eigenvalue weighted by molar-refractivity contribution is 0.0997. The number of carbonyl (C=O) groups excluding carboxylic acids is 1. The number of hydrogen-bond acceptors (Lipinski definition) is 3. The van der Waals surface area contributed by atoms with Gasteiger partial charge in [0.25, 0.3) is 5.91 Å². The molecular weight excluding hydrogens is 302 g/mol. The standard InChI is InChI=1S/C20H19NO3/c1-4-14-6-8-18-15(10-14)17(22)11-19(24-18)20(23)21-16-7-5-12(2)9-13(16)3/h5-11H,4H2,1-3H3,(H,21,23). The van der Waals surface area contributed by atoms with Crippen molar-refractivity contribution in [2.24, 2.45) is 0 Å². The zero-order chi connectivity index (χ0) is 17.3. The molecule has 0 aliphatic carbocycles. The lowest BCUT2D eigenvalue weighted by atomic mass is 10.1. The molecule has 4 nitrogen and oxygen atoms in total. The summed E-state index contributed by atoms with van der Waals surface area (Å²) in [6.07, 6.45) is 0.838. The van der Waals surface area contributed by atoms with Crippen LogP contribution in [0.5, 0.6) is 0 Å². The minimum absolute atomic E-state index is 0.0109. The summed E-state index contributed by atoms with van der Waals surface area (Å²) < 4.78 is 5.63. The molecule has 2 aromatic carbocycles. The van der Waals surface area contributed by atoms with E-state index in [-0.39, 0.29) is 11.2 Å². The predicted molar refractivity (Wildman–Crippen MR) is 95.7 cm³/mol. The Morgan fingerprint density at radius 3 is 2.58 bits per heavy atom. The van der Waals surface area contributed by atoms with Gasteiger partial charge in [0.15, 0.2) is 11.2 Å². The highest BCUT2D eigenvalue weighted by Crippen LogP contribution is 2.19. The van der Waals surface area contributed by atoms with Crippen LogP contribution in [0.3, 0.4) is 0 Å². The van der Waals surface area contributed by atoms with Crippen LogP contribution in [0.1, 0.15) is 34.2 Å². The second-order valence-corrected chi connectivity index (χ2v) is 5.93. The van der Waals surface area contributed by atoms with Crippen LogP contribution in [0.25, 0.3) is 11.0 Å². The topological polar surface area (TPSA) is 59.3 Å². The quantitative estimate of drug-likeness (QED) is 0.785. The number of aryl methyl sites for hydroxylation is 3. The largest absolute Gasteiger partial charge is 0.451 e. The predicted octanol–water partition coefficient (Wildman–Crippen LogP) is 4.22. The molecule has 1 N–H and O–H groups in total. The molecule has 24 heavy (non-hydrogen) atoms. The van der Waals surface area contributed by atoms with Crippen LogP contribution in [0, 0.1) is 13.8 Å². The van der Waals surface area contributed by atoms with Crippen molar-refractivity contribution in [3.05, 3.63) is 75.1 Å². The zero-order valence-electron chi connectivity index (χ0n) is 14.0. The summed E-state index contributed by atoms with van der Waals surface area (Å²) in [5.74, 6) is -0.419. The molecule has 122 valence electrons. The molecule has 0 bridgehead atoms. The second-order valence-electron chi connectivity index (χ2n) is 5.93. The van der Waals surface area contributed by atoms with Gasteiger partial charge in [0, 0.05) is 11.8 Å². The molecular formula is C20H19NO3. The maximum atomic E-state index is 12.4. The van der Waals surface area contributed by atoms with Crippen LogP contribution in [0.15, 0.2) is 51.7 Å². The lowest BCUT2D eigenvalue weighted by Gasteiger charge is -2.09. The van der Waals surface area contributed by atoms with Crippen molar-refractivity contribution in [3.8, 4) is 0 Å². The Bertz CT molecular complexity index is 986. The van der Waals surface area contributed by atoms with Crippen molar-refractivity contribution in [2.75, 3.05) is 5.32 Å². The first kappa shape index (κ1) is 16.0. The summed E-state index contributed by atoms with van der Waals surface area (Å²) in [6.45, 7) is 5.94. The second kappa shape index (κ2) is 6.32. The van der Waals surface area contributed by atoms with E-state index in [2.05, 4.69) is 5.32 Å². The highest BCUT2D eigenvalue weighted by molar-refractivity contribution is 6.03. The molecule has 1 aromatic heterocycles. The van der Waals surface area contributed by atoms with Gasteiger partial charge in [-0.3, -0.25) is 9.59 Å². The molecule has 0 unspecified atom stereocenters. The molecule has 0 radical (unpaired) electrons. The number of hydrogen-bond donors (Lipinski definition) is 1. The Kier molecular flexibility index (Phi) is 4.21. The Morgan fingerprint density at radius 1 is 1.08 bits per heavy atom. The van der Waals surface area contributed by atoms with Gasteiger partial charge in [-0.15, -0.1) is 0 Å². The Labute approximate surface area is 140 Å². The Hall–Kier alpha value is -2.88. The average molecular weight is 321 g/mol. The third-order valence-corrected chi connectivity index (χ3v) is 4.05. The molecule has 0 fully saturated rings. The Balaban J connectivity index is 1.96. The van der Waals surface area contributed by atoms with E-state index in [0.717, 1.165) is 23.1 Å². The van der Waals surface area contributed by atoms with E-state index in [1.165, 1.54) is 6.07 Å². The van der Waals surface area contributed by atoms with Gasteiger partial charge in [-0.25, -0.2) is 0 Å².